The topological polar surface area (TPSA) is 58.6 Å². The van der Waals surface area contributed by atoms with Gasteiger partial charge >= 0.3 is 6.18 Å². The molecular weight excluding hydrogens is 149 g/mol. The van der Waals surface area contributed by atoms with Crippen molar-refractivity contribution in [1.29, 1.82) is 0 Å². The third-order valence-electron chi connectivity index (χ3n) is 0.793. The molecule has 0 aliphatic rings. The average Bonchev–Trinajstić information content (AvgIpc) is 1.81. The molecule has 60 valence electrons. The van der Waals surface area contributed by atoms with Crippen molar-refractivity contribution in [1.82, 2.24) is 0 Å². The van der Waals surface area contributed by atoms with Crippen molar-refractivity contribution in [3.05, 3.63) is 0 Å². The Bertz CT molecular complexity index is 131. The number of nitrogens with two attached hydrogens (primary N) is 1. The number of hydrogen-bond acceptors (Lipinski definition) is 2. The molecule has 0 amide bonds. The molecule has 0 saturated heterocycles. The third kappa shape index (κ3) is 5.20. The highest BCUT2D eigenvalue weighted by atomic mass is 19.4. The van der Waals surface area contributed by atoms with Gasteiger partial charge < -0.3 is 10.9 Å². The van der Waals surface area contributed by atoms with Crippen molar-refractivity contribution < 1.29 is 18.4 Å². The second-order valence-corrected chi connectivity index (χ2v) is 1.71. The van der Waals surface area contributed by atoms with Crippen LogP contribution in [0.2, 0.25) is 0 Å². The van der Waals surface area contributed by atoms with Gasteiger partial charge in [-0.25, -0.2) is 0 Å². The van der Waals surface area contributed by atoms with E-state index in [9.17, 15) is 13.2 Å². The van der Waals surface area contributed by atoms with Gasteiger partial charge in [-0.3, -0.25) is 0 Å². The largest absolute Gasteiger partial charge is 0.409 e. The van der Waals surface area contributed by atoms with E-state index in [2.05, 4.69) is 5.16 Å². The molecular formula is C4H7F3N2O. The van der Waals surface area contributed by atoms with Gasteiger partial charge in [0.1, 0.15) is 5.84 Å². The van der Waals surface area contributed by atoms with Crippen molar-refractivity contribution in [2.75, 3.05) is 0 Å². The number of alkyl halides is 3. The maximum atomic E-state index is 11.4. The molecule has 0 aliphatic carbocycles. The van der Waals surface area contributed by atoms with Crippen molar-refractivity contribution in [3.63, 3.8) is 0 Å². The van der Waals surface area contributed by atoms with E-state index < -0.39 is 24.9 Å². The quantitative estimate of drug-likeness (QED) is 0.272. The molecule has 0 aromatic carbocycles. The van der Waals surface area contributed by atoms with Gasteiger partial charge in [0.05, 0.1) is 6.42 Å². The maximum absolute atomic E-state index is 11.4. The summed E-state index contributed by atoms with van der Waals surface area (Å²) in [5.74, 6) is -0.405. The SMILES string of the molecule is NC(CCC(F)(F)F)=NO. The summed E-state index contributed by atoms with van der Waals surface area (Å²) < 4.78 is 34.1. The molecule has 0 aromatic heterocycles. The third-order valence-corrected chi connectivity index (χ3v) is 0.793. The molecule has 0 saturated carbocycles. The maximum Gasteiger partial charge on any atom is 0.389 e. The zero-order valence-electron chi connectivity index (χ0n) is 5.02. The molecule has 0 spiro atoms. The van der Waals surface area contributed by atoms with Crippen molar-refractivity contribution in [3.8, 4) is 0 Å². The van der Waals surface area contributed by atoms with E-state index in [1.54, 1.807) is 0 Å². The Balaban J connectivity index is 3.56. The van der Waals surface area contributed by atoms with Crippen LogP contribution in [0.1, 0.15) is 12.8 Å². The van der Waals surface area contributed by atoms with Crippen molar-refractivity contribution in [2.45, 2.75) is 19.0 Å². The van der Waals surface area contributed by atoms with E-state index in [-0.39, 0.29) is 0 Å². The minimum absolute atomic E-state index is 0.405. The van der Waals surface area contributed by atoms with Crippen LogP contribution in [0.5, 0.6) is 0 Å². The molecule has 0 radical (unpaired) electrons. The van der Waals surface area contributed by atoms with Crippen LogP contribution in [0.3, 0.4) is 0 Å². The highest BCUT2D eigenvalue weighted by Crippen LogP contribution is 2.20. The first-order chi connectivity index (χ1) is 4.45. The fourth-order valence-corrected chi connectivity index (χ4v) is 0.320. The lowest BCUT2D eigenvalue weighted by Gasteiger charge is -2.03. The highest BCUT2D eigenvalue weighted by molar-refractivity contribution is 5.79. The van der Waals surface area contributed by atoms with E-state index in [0.717, 1.165) is 0 Å². The van der Waals surface area contributed by atoms with E-state index in [4.69, 9.17) is 10.9 Å². The summed E-state index contributed by atoms with van der Waals surface area (Å²) in [4.78, 5) is 0. The minimum atomic E-state index is -4.24. The number of oxime groups is 1. The lowest BCUT2D eigenvalue weighted by Crippen LogP contribution is -2.16. The molecule has 0 fully saturated rings. The summed E-state index contributed by atoms with van der Waals surface area (Å²) in [7, 11) is 0. The lowest BCUT2D eigenvalue weighted by molar-refractivity contribution is -0.132. The Morgan fingerprint density at radius 3 is 2.30 bits per heavy atom. The molecule has 3 nitrogen and oxygen atoms in total. The summed E-state index contributed by atoms with van der Waals surface area (Å²) in [6.45, 7) is 0. The van der Waals surface area contributed by atoms with Crippen LogP contribution >= 0.6 is 0 Å². The van der Waals surface area contributed by atoms with Gasteiger partial charge in [0.2, 0.25) is 0 Å². The Morgan fingerprint density at radius 1 is 1.50 bits per heavy atom. The van der Waals surface area contributed by atoms with E-state index in [0.29, 0.717) is 0 Å². The van der Waals surface area contributed by atoms with Gasteiger partial charge in [-0.05, 0) is 0 Å². The van der Waals surface area contributed by atoms with Gasteiger partial charge in [-0.2, -0.15) is 13.2 Å². The molecule has 0 atom stereocenters. The number of hydrogen-bond donors (Lipinski definition) is 2. The van der Waals surface area contributed by atoms with Gasteiger partial charge in [-0.1, -0.05) is 5.16 Å². The predicted molar refractivity (Wildman–Crippen MR) is 28.7 cm³/mol. The highest BCUT2D eigenvalue weighted by Gasteiger charge is 2.26. The normalized spacial score (nSPS) is 13.7. The van der Waals surface area contributed by atoms with Crippen LogP contribution in [0.25, 0.3) is 0 Å². The fourth-order valence-electron chi connectivity index (χ4n) is 0.320. The first-order valence-electron chi connectivity index (χ1n) is 2.49. The monoisotopic (exact) mass is 156 g/mol. The number of halogens is 3. The lowest BCUT2D eigenvalue weighted by atomic mass is 10.3. The standard InChI is InChI=1S/C4H7F3N2O/c5-4(6,7)2-1-3(8)9-10/h10H,1-2H2,(H2,8,9). The second kappa shape index (κ2) is 3.28. The smallest absolute Gasteiger partial charge is 0.389 e. The van der Waals surface area contributed by atoms with Crippen LogP contribution in [0, 0.1) is 0 Å². The van der Waals surface area contributed by atoms with Crippen LogP contribution < -0.4 is 5.73 Å². The first-order valence-corrected chi connectivity index (χ1v) is 2.49. The summed E-state index contributed by atoms with van der Waals surface area (Å²) in [5.41, 5.74) is 4.78. The molecule has 3 N–H and O–H groups in total. The summed E-state index contributed by atoms with van der Waals surface area (Å²) >= 11 is 0. The Hall–Kier alpha value is -0.940. The second-order valence-electron chi connectivity index (χ2n) is 1.71. The van der Waals surface area contributed by atoms with Gasteiger partial charge in [0.25, 0.3) is 0 Å². The zero-order chi connectivity index (χ0) is 8.20. The summed E-state index contributed by atoms with van der Waals surface area (Å²) in [6, 6.07) is 0. The Labute approximate surface area is 55.3 Å². The summed E-state index contributed by atoms with van der Waals surface area (Å²) in [6.07, 6.45) is -5.75. The van der Waals surface area contributed by atoms with Gasteiger partial charge in [-0.15, -0.1) is 0 Å². The number of nitrogens with zero attached hydrogens (tertiary/aromatic N) is 1. The molecule has 0 unspecified atom stereocenters. The van der Waals surface area contributed by atoms with Gasteiger partial charge in [0.15, 0.2) is 0 Å². The molecule has 0 bridgehead atoms. The van der Waals surface area contributed by atoms with E-state index in [1.807, 2.05) is 0 Å². The van der Waals surface area contributed by atoms with Gasteiger partial charge in [0, 0.05) is 6.42 Å². The molecule has 10 heavy (non-hydrogen) atoms. The van der Waals surface area contributed by atoms with Crippen molar-refractivity contribution in [2.24, 2.45) is 10.9 Å². The number of amidine groups is 1. The summed E-state index contributed by atoms with van der Waals surface area (Å²) in [5, 5.41) is 10.2. The molecule has 0 rings (SSSR count). The minimum Gasteiger partial charge on any atom is -0.409 e. The van der Waals surface area contributed by atoms with Crippen LogP contribution in [-0.2, 0) is 0 Å². The zero-order valence-corrected chi connectivity index (χ0v) is 5.02. The predicted octanol–water partition coefficient (Wildman–Crippen LogP) is 1.08. The molecule has 0 aliphatic heterocycles. The van der Waals surface area contributed by atoms with E-state index in [1.165, 1.54) is 0 Å². The van der Waals surface area contributed by atoms with E-state index >= 15 is 0 Å². The Morgan fingerprint density at radius 2 is 2.00 bits per heavy atom. The molecule has 0 heterocycles. The van der Waals surface area contributed by atoms with Crippen LogP contribution in [0.15, 0.2) is 5.16 Å². The Kier molecular flexibility index (Phi) is 2.98. The van der Waals surface area contributed by atoms with Crippen LogP contribution in [0.4, 0.5) is 13.2 Å². The first kappa shape index (κ1) is 9.06. The number of rotatable bonds is 2. The van der Waals surface area contributed by atoms with Crippen LogP contribution in [-0.4, -0.2) is 17.2 Å². The average molecular weight is 156 g/mol. The van der Waals surface area contributed by atoms with Crippen molar-refractivity contribution >= 4 is 5.84 Å². The molecule has 6 heteroatoms. The molecule has 0 aromatic rings. The fraction of sp³-hybridized carbons (Fsp3) is 0.750.